The first-order valence-electron chi connectivity index (χ1n) is 6.49. The average molecular weight is 314 g/mol. The molecule has 0 aromatic heterocycles. The third kappa shape index (κ3) is 3.43. The van der Waals surface area contributed by atoms with E-state index in [0.717, 1.165) is 12.8 Å². The average Bonchev–Trinajstić information content (AvgIpc) is 3.26. The Balaban J connectivity index is 2.31. The van der Waals surface area contributed by atoms with E-state index in [0.29, 0.717) is 13.2 Å². The smallest absolute Gasteiger partial charge is 0.294 e. The van der Waals surface area contributed by atoms with Gasteiger partial charge in [0, 0.05) is 31.3 Å². The van der Waals surface area contributed by atoms with E-state index in [1.165, 1.54) is 12.1 Å². The maximum atomic E-state index is 12.5. The Hall–Kier alpha value is -1.86. The van der Waals surface area contributed by atoms with Crippen LogP contribution in [0, 0.1) is 10.1 Å². The standard InChI is InChI=1S/C13H16ClN3O4/c1-21-5-4-16(9-2-3-9)13(18)8-6-10(14)12(15)11(7-8)17(19)20/h6-7,9H,2-5,15H2,1H3. The molecule has 8 heteroatoms. The first-order chi connectivity index (χ1) is 9.95. The molecule has 1 aromatic carbocycles. The molecule has 0 heterocycles. The van der Waals surface area contributed by atoms with Crippen molar-refractivity contribution in [1.82, 2.24) is 4.90 Å². The monoisotopic (exact) mass is 313 g/mol. The van der Waals surface area contributed by atoms with E-state index in [-0.39, 0.29) is 33.9 Å². The Kier molecular flexibility index (Phi) is 4.64. The van der Waals surface area contributed by atoms with Gasteiger partial charge in [-0.2, -0.15) is 0 Å². The van der Waals surface area contributed by atoms with Gasteiger partial charge >= 0.3 is 0 Å². The van der Waals surface area contributed by atoms with Crippen molar-refractivity contribution < 1.29 is 14.5 Å². The molecule has 0 spiro atoms. The summed E-state index contributed by atoms with van der Waals surface area (Å²) in [6, 6.07) is 2.71. The Labute approximate surface area is 126 Å². The molecule has 0 saturated heterocycles. The Morgan fingerprint density at radius 3 is 2.76 bits per heavy atom. The highest BCUT2D eigenvalue weighted by Crippen LogP contribution is 2.33. The fraction of sp³-hybridized carbons (Fsp3) is 0.462. The first kappa shape index (κ1) is 15.5. The summed E-state index contributed by atoms with van der Waals surface area (Å²) in [6.07, 6.45) is 1.86. The summed E-state index contributed by atoms with van der Waals surface area (Å²) in [6.45, 7) is 0.850. The van der Waals surface area contributed by atoms with E-state index in [1.807, 2.05) is 0 Å². The van der Waals surface area contributed by atoms with E-state index < -0.39 is 4.92 Å². The lowest BCUT2D eigenvalue weighted by Gasteiger charge is -2.22. The molecular formula is C13H16ClN3O4. The molecule has 0 unspecified atom stereocenters. The molecule has 2 rings (SSSR count). The van der Waals surface area contributed by atoms with Gasteiger partial charge in [0.15, 0.2) is 0 Å². The summed E-state index contributed by atoms with van der Waals surface area (Å²) in [7, 11) is 1.56. The second-order valence-corrected chi connectivity index (χ2v) is 5.28. The zero-order valence-corrected chi connectivity index (χ0v) is 12.3. The van der Waals surface area contributed by atoms with Crippen molar-refractivity contribution >= 4 is 28.9 Å². The van der Waals surface area contributed by atoms with E-state index >= 15 is 0 Å². The molecule has 21 heavy (non-hydrogen) atoms. The van der Waals surface area contributed by atoms with Crippen molar-refractivity contribution in [1.29, 1.82) is 0 Å². The fourth-order valence-corrected chi connectivity index (χ4v) is 2.28. The number of nitrogens with zero attached hydrogens (tertiary/aromatic N) is 2. The van der Waals surface area contributed by atoms with Crippen LogP contribution in [-0.2, 0) is 4.74 Å². The molecule has 1 aliphatic rings. The van der Waals surface area contributed by atoms with Gasteiger partial charge in [-0.1, -0.05) is 11.6 Å². The molecule has 0 radical (unpaired) electrons. The van der Waals surface area contributed by atoms with E-state index in [2.05, 4.69) is 0 Å². The number of nitro groups is 1. The van der Waals surface area contributed by atoms with Crippen molar-refractivity contribution in [2.45, 2.75) is 18.9 Å². The number of nitro benzene ring substituents is 1. The lowest BCUT2D eigenvalue weighted by atomic mass is 10.1. The lowest BCUT2D eigenvalue weighted by Crippen LogP contribution is -2.35. The summed E-state index contributed by atoms with van der Waals surface area (Å²) < 4.78 is 4.99. The summed E-state index contributed by atoms with van der Waals surface area (Å²) in [5.74, 6) is -0.292. The second kappa shape index (κ2) is 6.28. The van der Waals surface area contributed by atoms with Crippen molar-refractivity contribution in [3.05, 3.63) is 32.8 Å². The number of ether oxygens (including phenoxy) is 1. The van der Waals surface area contributed by atoms with Gasteiger partial charge in [-0.05, 0) is 18.9 Å². The maximum Gasteiger partial charge on any atom is 0.294 e. The van der Waals surface area contributed by atoms with Crippen LogP contribution in [0.2, 0.25) is 5.02 Å². The Morgan fingerprint density at radius 1 is 1.57 bits per heavy atom. The Bertz CT molecular complexity index is 575. The van der Waals surface area contributed by atoms with E-state index in [4.69, 9.17) is 22.1 Å². The van der Waals surface area contributed by atoms with E-state index in [1.54, 1.807) is 12.0 Å². The summed E-state index contributed by atoms with van der Waals surface area (Å²) >= 11 is 5.89. The molecule has 7 nitrogen and oxygen atoms in total. The highest BCUT2D eigenvalue weighted by atomic mass is 35.5. The number of nitrogen functional groups attached to an aromatic ring is 1. The normalized spacial score (nSPS) is 14.0. The second-order valence-electron chi connectivity index (χ2n) is 4.87. The lowest BCUT2D eigenvalue weighted by molar-refractivity contribution is -0.383. The van der Waals surface area contributed by atoms with Gasteiger partial charge in [-0.3, -0.25) is 14.9 Å². The van der Waals surface area contributed by atoms with Crippen molar-refractivity contribution in [3.8, 4) is 0 Å². The number of carbonyl (C=O) groups excluding carboxylic acids is 1. The number of rotatable bonds is 6. The van der Waals surface area contributed by atoms with Gasteiger partial charge in [0.2, 0.25) is 0 Å². The highest BCUT2D eigenvalue weighted by Gasteiger charge is 2.33. The molecule has 1 fully saturated rings. The molecule has 2 N–H and O–H groups in total. The number of hydrogen-bond donors (Lipinski definition) is 1. The maximum absolute atomic E-state index is 12.5. The van der Waals surface area contributed by atoms with Crippen molar-refractivity contribution in [2.24, 2.45) is 0 Å². The number of nitrogens with two attached hydrogens (primary N) is 1. The Morgan fingerprint density at radius 2 is 2.24 bits per heavy atom. The number of benzene rings is 1. The summed E-state index contributed by atoms with van der Waals surface area (Å²) in [4.78, 5) is 24.5. The van der Waals surface area contributed by atoms with Crippen LogP contribution in [0.4, 0.5) is 11.4 Å². The zero-order valence-electron chi connectivity index (χ0n) is 11.5. The third-order valence-corrected chi connectivity index (χ3v) is 3.65. The number of anilines is 1. The molecular weight excluding hydrogens is 298 g/mol. The number of hydrogen-bond acceptors (Lipinski definition) is 5. The largest absolute Gasteiger partial charge is 0.392 e. The minimum atomic E-state index is -0.644. The number of amides is 1. The van der Waals surface area contributed by atoms with Crippen LogP contribution in [-0.4, -0.2) is 42.0 Å². The molecule has 114 valence electrons. The van der Waals surface area contributed by atoms with Gasteiger partial charge < -0.3 is 15.4 Å². The highest BCUT2D eigenvalue weighted by molar-refractivity contribution is 6.34. The van der Waals surface area contributed by atoms with Crippen molar-refractivity contribution in [2.75, 3.05) is 26.0 Å². The van der Waals surface area contributed by atoms with Crippen LogP contribution in [0.3, 0.4) is 0 Å². The predicted octanol–water partition coefficient (Wildman–Crippen LogP) is 2.08. The SMILES string of the molecule is COCCN(C(=O)c1cc(Cl)c(N)c([N+](=O)[O-])c1)C1CC1. The number of halogens is 1. The van der Waals surface area contributed by atoms with Gasteiger partial charge in [0.1, 0.15) is 5.69 Å². The first-order valence-corrected chi connectivity index (χ1v) is 6.86. The minimum absolute atomic E-state index is 0.00929. The van der Waals surface area contributed by atoms with Crippen LogP contribution in [0.15, 0.2) is 12.1 Å². The van der Waals surface area contributed by atoms with Gasteiger partial charge in [-0.25, -0.2) is 0 Å². The van der Waals surface area contributed by atoms with Crippen LogP contribution < -0.4 is 5.73 Å². The number of carbonyl (C=O) groups is 1. The molecule has 0 bridgehead atoms. The molecule has 0 atom stereocenters. The molecule has 1 aromatic rings. The molecule has 0 aliphatic heterocycles. The van der Waals surface area contributed by atoms with Crippen LogP contribution >= 0.6 is 11.6 Å². The molecule has 1 aliphatic carbocycles. The van der Waals surface area contributed by atoms with Crippen molar-refractivity contribution in [3.63, 3.8) is 0 Å². The predicted molar refractivity (Wildman–Crippen MR) is 78.5 cm³/mol. The topological polar surface area (TPSA) is 98.7 Å². The van der Waals surface area contributed by atoms with Crippen LogP contribution in [0.25, 0.3) is 0 Å². The fourth-order valence-electron chi connectivity index (χ4n) is 2.07. The minimum Gasteiger partial charge on any atom is -0.392 e. The van der Waals surface area contributed by atoms with Gasteiger partial charge in [0.05, 0.1) is 16.6 Å². The zero-order chi connectivity index (χ0) is 15.6. The molecule has 1 saturated carbocycles. The van der Waals surface area contributed by atoms with Gasteiger partial charge in [0.25, 0.3) is 11.6 Å². The van der Waals surface area contributed by atoms with E-state index in [9.17, 15) is 14.9 Å². The third-order valence-electron chi connectivity index (χ3n) is 3.34. The van der Waals surface area contributed by atoms with Gasteiger partial charge in [-0.15, -0.1) is 0 Å². The summed E-state index contributed by atoms with van der Waals surface area (Å²) in [5.41, 5.74) is 5.25. The van der Waals surface area contributed by atoms with Crippen LogP contribution in [0.1, 0.15) is 23.2 Å². The van der Waals surface area contributed by atoms with Crippen LogP contribution in [0.5, 0.6) is 0 Å². The molecule has 1 amide bonds. The quantitative estimate of drug-likeness (QED) is 0.492. The number of methoxy groups -OCH3 is 1. The summed E-state index contributed by atoms with van der Waals surface area (Å²) in [5, 5.41) is 11.0.